The first-order valence-electron chi connectivity index (χ1n) is 4.11. The van der Waals surface area contributed by atoms with Crippen molar-refractivity contribution in [1.82, 2.24) is 0 Å². The van der Waals surface area contributed by atoms with E-state index < -0.39 is 16.5 Å². The molecule has 0 aromatic heterocycles. The summed E-state index contributed by atoms with van der Waals surface area (Å²) < 4.78 is 34.1. The first-order chi connectivity index (χ1) is 7.11. The molecular weight excluding hydrogens is 236 g/mol. The van der Waals surface area contributed by atoms with Gasteiger partial charge < -0.3 is 25.7 Å². The molecule has 0 saturated heterocycles. The van der Waals surface area contributed by atoms with E-state index in [1.807, 2.05) is 0 Å². The molecule has 92 valence electrons. The molecule has 8 heteroatoms. The summed E-state index contributed by atoms with van der Waals surface area (Å²) in [4.78, 5) is 0. The topological polar surface area (TPSA) is 153 Å². The van der Waals surface area contributed by atoms with Crippen molar-refractivity contribution in [3.8, 4) is 0 Å². The molecule has 1 unspecified atom stereocenters. The van der Waals surface area contributed by atoms with Gasteiger partial charge in [-0.3, -0.25) is 8.42 Å². The number of aliphatic hydroxyl groups is 1. The van der Waals surface area contributed by atoms with E-state index in [4.69, 9.17) is 29.0 Å². The molecule has 0 saturated carbocycles. The third kappa shape index (κ3) is 7.01. The number of hydrogen-bond donors (Lipinski definition) is 3. The second-order valence-electron chi connectivity index (χ2n) is 2.97. The van der Waals surface area contributed by atoms with Crippen LogP contribution in [0.4, 0.5) is 11.4 Å². The number of benzene rings is 1. The van der Waals surface area contributed by atoms with Crippen LogP contribution in [0, 0.1) is 0 Å². The van der Waals surface area contributed by atoms with Gasteiger partial charge in [0.25, 0.3) is 0 Å². The average molecular weight is 248 g/mol. The minimum absolute atomic E-state index is 0.557. The van der Waals surface area contributed by atoms with Crippen molar-refractivity contribution in [2.24, 2.45) is 0 Å². The highest BCUT2D eigenvalue weighted by Gasteiger charge is 2.04. The molecule has 0 fully saturated rings. The van der Waals surface area contributed by atoms with Crippen LogP contribution in [0.1, 0.15) is 18.6 Å². The summed E-state index contributed by atoms with van der Waals surface area (Å²) in [6.07, 6.45) is -0.557. The Hall–Kier alpha value is -1.35. The van der Waals surface area contributed by atoms with Crippen molar-refractivity contribution in [1.29, 1.82) is 0 Å². The van der Waals surface area contributed by atoms with Crippen molar-refractivity contribution in [2.75, 3.05) is 11.5 Å². The summed E-state index contributed by atoms with van der Waals surface area (Å²) in [5.41, 5.74) is 13.0. The van der Waals surface area contributed by atoms with Crippen LogP contribution in [0.2, 0.25) is 0 Å². The first-order valence-corrected chi connectivity index (χ1v) is 5.44. The number of hydrogen-bond acceptors (Lipinski definition) is 7. The van der Waals surface area contributed by atoms with Gasteiger partial charge in [-0.2, -0.15) is 0 Å². The average Bonchev–Trinajstić information content (AvgIpc) is 2.06. The summed E-state index contributed by atoms with van der Waals surface area (Å²) in [5, 5.41) is 9.19. The maximum atomic E-state index is 9.19. The second kappa shape index (κ2) is 5.66. The molecular formula is C8H12N2O5S-2. The fourth-order valence-electron chi connectivity index (χ4n) is 0.955. The highest BCUT2D eigenvalue weighted by atomic mass is 32.3. The van der Waals surface area contributed by atoms with Crippen molar-refractivity contribution in [2.45, 2.75) is 13.0 Å². The zero-order valence-corrected chi connectivity index (χ0v) is 9.27. The maximum Gasteiger partial charge on any atom is 0.0782 e. The predicted octanol–water partition coefficient (Wildman–Crippen LogP) is -0.434. The minimum Gasteiger partial charge on any atom is -0.759 e. The molecule has 0 aliphatic rings. The third-order valence-corrected chi connectivity index (χ3v) is 1.56. The van der Waals surface area contributed by atoms with Gasteiger partial charge in [0.05, 0.1) is 6.10 Å². The summed E-state index contributed by atoms with van der Waals surface area (Å²) in [5.74, 6) is 0. The van der Waals surface area contributed by atoms with Gasteiger partial charge in [-0.15, -0.1) is 0 Å². The fourth-order valence-corrected chi connectivity index (χ4v) is 0.955. The lowest BCUT2D eigenvalue weighted by Gasteiger charge is -2.08. The molecule has 1 atom stereocenters. The van der Waals surface area contributed by atoms with Crippen molar-refractivity contribution in [3.05, 3.63) is 23.8 Å². The van der Waals surface area contributed by atoms with Crippen LogP contribution in [0.3, 0.4) is 0 Å². The van der Waals surface area contributed by atoms with Gasteiger partial charge >= 0.3 is 0 Å². The summed E-state index contributed by atoms with van der Waals surface area (Å²) in [6, 6.07) is 5.08. The second-order valence-corrected chi connectivity index (χ2v) is 3.79. The molecule has 0 spiro atoms. The molecule has 1 aromatic rings. The van der Waals surface area contributed by atoms with Crippen LogP contribution >= 0.6 is 0 Å². The highest BCUT2D eigenvalue weighted by Crippen LogP contribution is 2.21. The van der Waals surface area contributed by atoms with E-state index in [1.165, 1.54) is 0 Å². The Morgan fingerprint density at radius 2 is 1.75 bits per heavy atom. The first kappa shape index (κ1) is 14.6. The Kier molecular flexibility index (Phi) is 5.18. The molecule has 0 bridgehead atoms. The van der Waals surface area contributed by atoms with Gasteiger partial charge in [-0.05, 0) is 25.1 Å². The molecule has 5 N–H and O–H groups in total. The van der Waals surface area contributed by atoms with Crippen LogP contribution < -0.4 is 11.5 Å². The number of rotatable bonds is 1. The summed E-state index contributed by atoms with van der Waals surface area (Å²) in [6.45, 7) is 1.66. The molecule has 0 amide bonds. The Morgan fingerprint density at radius 1 is 1.31 bits per heavy atom. The zero-order valence-electron chi connectivity index (χ0n) is 8.45. The van der Waals surface area contributed by atoms with Crippen LogP contribution in [-0.4, -0.2) is 22.6 Å². The van der Waals surface area contributed by atoms with E-state index in [0.717, 1.165) is 0 Å². The lowest BCUT2D eigenvalue weighted by Crippen LogP contribution is -1.99. The minimum atomic E-state index is -5.17. The quantitative estimate of drug-likeness (QED) is 0.346. The van der Waals surface area contributed by atoms with Crippen LogP contribution in [0.25, 0.3) is 0 Å². The van der Waals surface area contributed by atoms with Crippen LogP contribution in [-0.2, 0) is 10.4 Å². The third-order valence-electron chi connectivity index (χ3n) is 1.56. The summed E-state index contributed by atoms with van der Waals surface area (Å²) in [7, 11) is -5.17. The molecule has 1 rings (SSSR count). The van der Waals surface area contributed by atoms with E-state index in [-0.39, 0.29) is 0 Å². The number of nitrogens with two attached hydrogens (primary N) is 2. The van der Waals surface area contributed by atoms with Crippen molar-refractivity contribution < 1.29 is 22.6 Å². The molecule has 1 aromatic carbocycles. The number of aliphatic hydroxyl groups excluding tert-OH is 1. The Bertz CT molecular complexity index is 436. The monoisotopic (exact) mass is 248 g/mol. The zero-order chi connectivity index (χ0) is 12.9. The van der Waals surface area contributed by atoms with Crippen LogP contribution in [0.15, 0.2) is 18.2 Å². The predicted molar refractivity (Wildman–Crippen MR) is 56.4 cm³/mol. The van der Waals surface area contributed by atoms with Crippen LogP contribution in [0.5, 0.6) is 0 Å². The van der Waals surface area contributed by atoms with E-state index in [2.05, 4.69) is 0 Å². The largest absolute Gasteiger partial charge is 0.759 e. The maximum absolute atomic E-state index is 9.19. The molecule has 0 radical (unpaired) electrons. The normalized spacial score (nSPS) is 12.5. The van der Waals surface area contributed by atoms with Gasteiger partial charge in [0.15, 0.2) is 0 Å². The molecule has 16 heavy (non-hydrogen) atoms. The molecule has 7 nitrogen and oxygen atoms in total. The molecule has 0 aliphatic carbocycles. The van der Waals surface area contributed by atoms with Gasteiger partial charge in [0.1, 0.15) is 0 Å². The van der Waals surface area contributed by atoms with Gasteiger partial charge in [-0.25, -0.2) is 0 Å². The van der Waals surface area contributed by atoms with Gasteiger partial charge in [-0.1, -0.05) is 0 Å². The fraction of sp³-hybridized carbons (Fsp3) is 0.250. The Balaban J connectivity index is 0.000000385. The van der Waals surface area contributed by atoms with E-state index in [9.17, 15) is 5.11 Å². The summed E-state index contributed by atoms with van der Waals surface area (Å²) >= 11 is 0. The Labute approximate surface area is 93.3 Å². The van der Waals surface area contributed by atoms with E-state index in [1.54, 1.807) is 25.1 Å². The van der Waals surface area contributed by atoms with Crippen molar-refractivity contribution >= 4 is 21.8 Å². The number of nitrogen functional groups attached to an aromatic ring is 2. The van der Waals surface area contributed by atoms with Gasteiger partial charge in [0, 0.05) is 27.3 Å². The highest BCUT2D eigenvalue weighted by molar-refractivity contribution is 7.79. The Morgan fingerprint density at radius 3 is 2.06 bits per heavy atom. The lowest BCUT2D eigenvalue weighted by atomic mass is 10.1. The van der Waals surface area contributed by atoms with E-state index >= 15 is 0 Å². The SMILES string of the molecule is CC(O)c1cc(N)ccc1N.O=S(=O)([O-])[O-]. The molecule has 0 aliphatic heterocycles. The standard InChI is InChI=1S/C8H12N2O.H2O4S/c1-5(11)7-4-6(9)2-3-8(7)10;1-5(2,3)4/h2-5,11H,9-10H2,1H3;(H2,1,2,3,4)/p-2. The lowest BCUT2D eigenvalue weighted by molar-refractivity contribution is 0.200. The van der Waals surface area contributed by atoms with Gasteiger partial charge in [0.2, 0.25) is 0 Å². The number of anilines is 2. The smallest absolute Gasteiger partial charge is 0.0782 e. The molecule has 0 heterocycles. The van der Waals surface area contributed by atoms with E-state index in [0.29, 0.717) is 16.9 Å². The van der Waals surface area contributed by atoms with Crippen molar-refractivity contribution in [3.63, 3.8) is 0 Å².